The van der Waals surface area contributed by atoms with Gasteiger partial charge in [0.1, 0.15) is 0 Å². The Kier molecular flexibility index (Phi) is 8.69. The molecule has 8 nitrogen and oxygen atoms in total. The molecule has 0 bridgehead atoms. The molecule has 0 radical (unpaired) electrons. The number of urea groups is 1. The number of anilines is 1. The third kappa shape index (κ3) is 6.97. The molecule has 1 aromatic heterocycles. The fourth-order valence-electron chi connectivity index (χ4n) is 5.53. The van der Waals surface area contributed by atoms with Gasteiger partial charge in [0.05, 0.1) is 30.4 Å². The zero-order chi connectivity index (χ0) is 28.6. The average molecular weight is 549 g/mol. The van der Waals surface area contributed by atoms with Crippen LogP contribution in [0, 0.1) is 5.92 Å². The molecule has 1 aliphatic carbocycles. The Balaban J connectivity index is 1.40. The van der Waals surface area contributed by atoms with Crippen LogP contribution in [0.1, 0.15) is 45.2 Å². The van der Waals surface area contributed by atoms with Gasteiger partial charge in [0.2, 0.25) is 5.91 Å². The lowest BCUT2D eigenvalue weighted by molar-refractivity contribution is -0.135. The fourth-order valence-corrected chi connectivity index (χ4v) is 5.53. The van der Waals surface area contributed by atoms with E-state index in [2.05, 4.69) is 39.9 Å². The SMILES string of the molecule is O=C(NCC(=O)N(Cc1ccccn1)[C@@H]1c2ccccc2CC[C@H]1Cc1ccccc1)Nc1cccc(C(=O)O)c1. The number of pyridine rings is 1. The molecule has 4 aromatic rings. The Morgan fingerprint density at radius 1 is 0.902 bits per heavy atom. The number of carbonyl (C=O) groups excluding carboxylic acids is 2. The molecule has 1 aliphatic rings. The molecule has 1 heterocycles. The highest BCUT2D eigenvalue weighted by Gasteiger charge is 2.36. The molecule has 2 atom stereocenters. The zero-order valence-electron chi connectivity index (χ0n) is 22.6. The summed E-state index contributed by atoms with van der Waals surface area (Å²) in [5, 5.41) is 14.5. The summed E-state index contributed by atoms with van der Waals surface area (Å²) in [5.74, 6) is -1.15. The van der Waals surface area contributed by atoms with E-state index >= 15 is 0 Å². The Bertz CT molecular complexity index is 1510. The number of carboxylic acid groups (broad SMARTS) is 1. The van der Waals surface area contributed by atoms with Crippen molar-refractivity contribution >= 4 is 23.6 Å². The molecule has 3 amide bonds. The summed E-state index contributed by atoms with van der Waals surface area (Å²) < 4.78 is 0. The van der Waals surface area contributed by atoms with E-state index < -0.39 is 12.0 Å². The summed E-state index contributed by atoms with van der Waals surface area (Å²) >= 11 is 0. The van der Waals surface area contributed by atoms with Crippen LogP contribution in [-0.4, -0.2) is 39.4 Å². The second kappa shape index (κ2) is 12.9. The molecule has 5 rings (SSSR count). The van der Waals surface area contributed by atoms with Crippen LogP contribution in [0.15, 0.2) is 103 Å². The first-order chi connectivity index (χ1) is 20.0. The van der Waals surface area contributed by atoms with Crippen molar-refractivity contribution in [3.8, 4) is 0 Å². The number of benzene rings is 3. The van der Waals surface area contributed by atoms with E-state index in [1.807, 2.05) is 53.4 Å². The molecule has 41 heavy (non-hydrogen) atoms. The molecule has 3 aromatic carbocycles. The molecule has 0 aliphatic heterocycles. The molecule has 0 fully saturated rings. The van der Waals surface area contributed by atoms with Crippen molar-refractivity contribution < 1.29 is 19.5 Å². The van der Waals surface area contributed by atoms with Crippen molar-refractivity contribution in [1.29, 1.82) is 0 Å². The van der Waals surface area contributed by atoms with E-state index in [1.165, 1.54) is 23.3 Å². The number of nitrogens with one attached hydrogen (secondary N) is 2. The largest absolute Gasteiger partial charge is 0.478 e. The van der Waals surface area contributed by atoms with E-state index in [-0.39, 0.29) is 30.0 Å². The summed E-state index contributed by atoms with van der Waals surface area (Å²) in [6.07, 6.45) is 4.40. The van der Waals surface area contributed by atoms with E-state index in [1.54, 1.807) is 18.3 Å². The fraction of sp³-hybridized carbons (Fsp3) is 0.212. The van der Waals surface area contributed by atoms with E-state index in [0.29, 0.717) is 12.2 Å². The van der Waals surface area contributed by atoms with E-state index in [4.69, 9.17) is 0 Å². The maximum atomic E-state index is 13.9. The Morgan fingerprint density at radius 2 is 1.68 bits per heavy atom. The quantitative estimate of drug-likeness (QED) is 0.257. The number of aryl methyl sites for hydroxylation is 1. The van der Waals surface area contributed by atoms with Crippen molar-refractivity contribution in [3.05, 3.63) is 131 Å². The minimum atomic E-state index is -1.09. The standard InChI is InChI=1S/C33H32N4O4/c38-30(21-35-33(41)36-27-14-8-12-26(20-27)32(39)40)37(22-28-13-6-7-18-34-28)31-25(19-23-9-2-1-3-10-23)17-16-24-11-4-5-15-29(24)31/h1-15,18,20,25,31H,16-17,19,21-22H2,(H,39,40)(H2,35,36,41)/t25-,31-/m0/s1. The molecule has 208 valence electrons. The smallest absolute Gasteiger partial charge is 0.335 e. The average Bonchev–Trinajstić information content (AvgIpc) is 3.00. The monoisotopic (exact) mass is 548 g/mol. The van der Waals surface area contributed by atoms with Crippen molar-refractivity contribution in [1.82, 2.24) is 15.2 Å². The maximum Gasteiger partial charge on any atom is 0.335 e. The molecular weight excluding hydrogens is 516 g/mol. The molecule has 8 heteroatoms. The van der Waals surface area contributed by atoms with Crippen LogP contribution in [0.3, 0.4) is 0 Å². The number of carbonyl (C=O) groups is 3. The third-order valence-corrected chi connectivity index (χ3v) is 7.43. The predicted molar refractivity (Wildman–Crippen MR) is 156 cm³/mol. The van der Waals surface area contributed by atoms with Gasteiger partial charge in [-0.2, -0.15) is 0 Å². The van der Waals surface area contributed by atoms with Crippen molar-refractivity contribution in [2.75, 3.05) is 11.9 Å². The third-order valence-electron chi connectivity index (χ3n) is 7.43. The first-order valence-corrected chi connectivity index (χ1v) is 13.7. The Labute approximate surface area is 239 Å². The van der Waals surface area contributed by atoms with Gasteiger partial charge in [0, 0.05) is 11.9 Å². The van der Waals surface area contributed by atoms with Gasteiger partial charge in [-0.05, 0) is 72.2 Å². The first kappa shape index (κ1) is 27.6. The van der Waals surface area contributed by atoms with Crippen LogP contribution >= 0.6 is 0 Å². The van der Waals surface area contributed by atoms with Gasteiger partial charge in [-0.25, -0.2) is 9.59 Å². The highest BCUT2D eigenvalue weighted by Crippen LogP contribution is 2.41. The molecule has 0 spiro atoms. The molecule has 0 saturated heterocycles. The van der Waals surface area contributed by atoms with Crippen molar-refractivity contribution in [2.45, 2.75) is 31.8 Å². The van der Waals surface area contributed by atoms with Crippen LogP contribution in [0.2, 0.25) is 0 Å². The second-order valence-electron chi connectivity index (χ2n) is 10.2. The number of aromatic carboxylic acids is 1. The van der Waals surface area contributed by atoms with Gasteiger partial charge < -0.3 is 20.6 Å². The maximum absolute atomic E-state index is 13.9. The Morgan fingerprint density at radius 3 is 2.46 bits per heavy atom. The van der Waals surface area contributed by atoms with Crippen LogP contribution in [-0.2, 0) is 24.2 Å². The van der Waals surface area contributed by atoms with Crippen molar-refractivity contribution in [2.24, 2.45) is 5.92 Å². The van der Waals surface area contributed by atoms with Crippen LogP contribution in [0.5, 0.6) is 0 Å². The van der Waals surface area contributed by atoms with Crippen molar-refractivity contribution in [3.63, 3.8) is 0 Å². The van der Waals surface area contributed by atoms with Crippen LogP contribution in [0.4, 0.5) is 10.5 Å². The number of amides is 3. The minimum Gasteiger partial charge on any atom is -0.478 e. The number of rotatable bonds is 9. The summed E-state index contributed by atoms with van der Waals surface area (Å²) in [7, 11) is 0. The highest BCUT2D eigenvalue weighted by atomic mass is 16.4. The number of hydrogen-bond acceptors (Lipinski definition) is 4. The normalized spacial score (nSPS) is 15.8. The zero-order valence-corrected chi connectivity index (χ0v) is 22.6. The summed E-state index contributed by atoms with van der Waals surface area (Å²) in [4.78, 5) is 44.3. The molecular formula is C33H32N4O4. The number of aromatic nitrogens is 1. The number of fused-ring (bicyclic) bond motifs is 1. The molecule has 0 unspecified atom stereocenters. The topological polar surface area (TPSA) is 112 Å². The van der Waals surface area contributed by atoms with Gasteiger partial charge in [0.25, 0.3) is 0 Å². The Hall–Kier alpha value is -4.98. The number of nitrogens with zero attached hydrogens (tertiary/aromatic N) is 2. The predicted octanol–water partition coefficient (Wildman–Crippen LogP) is 5.48. The summed E-state index contributed by atoms with van der Waals surface area (Å²) in [6, 6.07) is 29.4. The van der Waals surface area contributed by atoms with Gasteiger partial charge in [0.15, 0.2) is 0 Å². The van der Waals surface area contributed by atoms with Gasteiger partial charge >= 0.3 is 12.0 Å². The van der Waals surface area contributed by atoms with E-state index in [0.717, 1.165) is 30.5 Å². The first-order valence-electron chi connectivity index (χ1n) is 13.7. The summed E-state index contributed by atoms with van der Waals surface area (Å²) in [5.41, 5.74) is 4.71. The molecule has 3 N–H and O–H groups in total. The number of hydrogen-bond donors (Lipinski definition) is 3. The van der Waals surface area contributed by atoms with Gasteiger partial charge in [-0.15, -0.1) is 0 Å². The summed E-state index contributed by atoms with van der Waals surface area (Å²) in [6.45, 7) is 0.0714. The number of carboxylic acids is 1. The van der Waals surface area contributed by atoms with E-state index in [9.17, 15) is 19.5 Å². The highest BCUT2D eigenvalue weighted by molar-refractivity contribution is 5.94. The van der Waals surface area contributed by atoms with Gasteiger partial charge in [-0.3, -0.25) is 9.78 Å². The lowest BCUT2D eigenvalue weighted by atomic mass is 9.76. The lowest BCUT2D eigenvalue weighted by Crippen LogP contribution is -2.46. The van der Waals surface area contributed by atoms with Gasteiger partial charge in [-0.1, -0.05) is 66.7 Å². The molecule has 0 saturated carbocycles. The lowest BCUT2D eigenvalue weighted by Gasteiger charge is -2.41. The second-order valence-corrected chi connectivity index (χ2v) is 10.2. The van der Waals surface area contributed by atoms with Crippen LogP contribution in [0.25, 0.3) is 0 Å². The minimum absolute atomic E-state index is 0.0563. The van der Waals surface area contributed by atoms with Crippen LogP contribution < -0.4 is 10.6 Å².